The van der Waals surface area contributed by atoms with Crippen molar-refractivity contribution < 1.29 is 33.8 Å². The Morgan fingerprint density at radius 1 is 1.31 bits per heavy atom. The topological polar surface area (TPSA) is 111 Å². The predicted molar refractivity (Wildman–Crippen MR) is 125 cm³/mol. The first-order chi connectivity index (χ1) is 14.7. The molecule has 0 radical (unpaired) electrons. The van der Waals surface area contributed by atoms with E-state index in [2.05, 4.69) is 51.8 Å². The van der Waals surface area contributed by atoms with Crippen molar-refractivity contribution in [3.63, 3.8) is 0 Å². The summed E-state index contributed by atoms with van der Waals surface area (Å²) in [5, 5.41) is 2.66. The van der Waals surface area contributed by atoms with E-state index in [1.807, 2.05) is 19.0 Å². The molecular weight excluding hydrogens is 567 g/mol. The van der Waals surface area contributed by atoms with Crippen LogP contribution in [0, 0.1) is 14.0 Å². The zero-order chi connectivity index (χ0) is 23.4. The summed E-state index contributed by atoms with van der Waals surface area (Å²) < 4.78 is 6.50. The number of rotatable bonds is 8. The van der Waals surface area contributed by atoms with Gasteiger partial charge in [-0.1, -0.05) is 22.5 Å². The number of nitrogens with zero attached hydrogens (tertiary/aromatic N) is 4. The maximum absolute atomic E-state index is 12.2. The minimum absolute atomic E-state index is 0. The molecule has 0 unspecified atom stereocenters. The fourth-order valence-electron chi connectivity index (χ4n) is 2.00. The van der Waals surface area contributed by atoms with Gasteiger partial charge >= 0.3 is 19.5 Å². The fourth-order valence-corrected chi connectivity index (χ4v) is 2.20. The molecule has 9 nitrogen and oxygen atoms in total. The van der Waals surface area contributed by atoms with Crippen LogP contribution in [0.5, 0.6) is 5.75 Å². The Labute approximate surface area is 210 Å². The second-order valence-corrected chi connectivity index (χ2v) is 7.27. The number of hydrogen-bond acceptors (Lipinski definition) is 6. The standard InChI is InChI=1S/C17H23N3O3.C4H3BrN3.Rh/c1-6-16(21)18-14-9-8-13(17(22)20(5)7-2)12-15(14)23-11-10-19(3)4;5-3-1-7-4(6)8-2-3;/h6,8-9,12H,1-2,5,7,10-11H2,3-4H3,(H,18,21);1-2H,(H-,6,7,8);/q-2;-1;+3. The van der Waals surface area contributed by atoms with Crippen molar-refractivity contribution in [1.82, 2.24) is 19.8 Å². The summed E-state index contributed by atoms with van der Waals surface area (Å²) in [6.45, 7) is 8.42. The molecule has 0 aliphatic carbocycles. The number of halogens is 1. The predicted octanol–water partition coefficient (Wildman–Crippen LogP) is 3.74. The van der Waals surface area contributed by atoms with Crippen molar-refractivity contribution in [3.8, 4) is 5.75 Å². The van der Waals surface area contributed by atoms with Crippen LogP contribution >= 0.6 is 15.9 Å². The molecule has 2 N–H and O–H groups in total. The van der Waals surface area contributed by atoms with Gasteiger partial charge in [-0.3, -0.25) is 16.6 Å². The minimum Gasteiger partial charge on any atom is -0.517 e. The Hall–Kier alpha value is -2.36. The summed E-state index contributed by atoms with van der Waals surface area (Å²) in [7, 11) is 7.48. The number of ether oxygens (including phenoxy) is 1. The van der Waals surface area contributed by atoms with Gasteiger partial charge in [-0.25, -0.2) is 0 Å². The molecule has 0 fully saturated rings. The van der Waals surface area contributed by atoms with E-state index in [4.69, 9.17) is 10.5 Å². The normalized spacial score (nSPS) is 9.69. The number of benzene rings is 1. The van der Waals surface area contributed by atoms with E-state index in [0.717, 1.165) is 4.47 Å². The van der Waals surface area contributed by atoms with Crippen molar-refractivity contribution >= 4 is 39.4 Å². The van der Waals surface area contributed by atoms with Crippen molar-refractivity contribution in [2.24, 2.45) is 0 Å². The van der Waals surface area contributed by atoms with Gasteiger partial charge in [0.05, 0.1) is 5.69 Å². The summed E-state index contributed by atoms with van der Waals surface area (Å²) in [5.41, 5.74) is 7.75. The molecule has 11 heteroatoms. The third kappa shape index (κ3) is 10.8. The molecule has 2 rings (SSSR count). The van der Waals surface area contributed by atoms with Gasteiger partial charge in [-0.2, -0.15) is 0 Å². The summed E-state index contributed by atoms with van der Waals surface area (Å²) in [4.78, 5) is 34.1. The largest absolute Gasteiger partial charge is 3.00 e. The molecule has 0 saturated heterocycles. The number of amides is 2. The van der Waals surface area contributed by atoms with Gasteiger partial charge in [0.2, 0.25) is 11.8 Å². The zero-order valence-electron chi connectivity index (χ0n) is 17.9. The van der Waals surface area contributed by atoms with Gasteiger partial charge in [0, 0.05) is 22.5 Å². The number of aromatic nitrogens is 2. The summed E-state index contributed by atoms with van der Waals surface area (Å²) in [6.07, 6.45) is 4.24. The van der Waals surface area contributed by atoms with Gasteiger partial charge in [-0.15, -0.1) is 6.54 Å². The first-order valence-electron chi connectivity index (χ1n) is 9.13. The first-order valence-corrected chi connectivity index (χ1v) is 9.93. The Kier molecular flexibility index (Phi) is 14.3. The van der Waals surface area contributed by atoms with Crippen LogP contribution in [-0.4, -0.2) is 65.4 Å². The van der Waals surface area contributed by atoms with Crippen LogP contribution in [0.25, 0.3) is 5.73 Å². The maximum atomic E-state index is 12.2. The average Bonchev–Trinajstić information content (AvgIpc) is 2.75. The number of carbonyl (C=O) groups is 2. The van der Waals surface area contributed by atoms with Gasteiger partial charge in [-0.05, 0) is 50.8 Å². The van der Waals surface area contributed by atoms with Crippen LogP contribution in [0.4, 0.5) is 11.6 Å². The van der Waals surface area contributed by atoms with Crippen LogP contribution in [0.1, 0.15) is 10.4 Å². The van der Waals surface area contributed by atoms with E-state index in [1.165, 1.54) is 23.4 Å². The van der Waals surface area contributed by atoms with E-state index in [9.17, 15) is 9.59 Å². The molecule has 0 spiro atoms. The smallest absolute Gasteiger partial charge is 0.517 e. The van der Waals surface area contributed by atoms with Crippen molar-refractivity contribution in [2.45, 2.75) is 0 Å². The van der Waals surface area contributed by atoms with Crippen LogP contribution in [0.2, 0.25) is 0 Å². The van der Waals surface area contributed by atoms with Crippen molar-refractivity contribution in [2.75, 3.05) is 39.1 Å². The molecular formula is C21H26BrN6O3Rh. The SMILES string of the molecule is C=CC(=O)Nc1ccc(C(=O)N([CH2-])C[CH2-])cc1OCCN(C)C.[NH-]c1ncc(Br)cn1.[Rh+3]. The third-order valence-corrected chi connectivity index (χ3v) is 4.05. The summed E-state index contributed by atoms with van der Waals surface area (Å²) in [6, 6.07) is 4.81. The van der Waals surface area contributed by atoms with Crippen molar-refractivity contribution in [3.05, 3.63) is 73.0 Å². The van der Waals surface area contributed by atoms with Crippen LogP contribution in [-0.2, 0) is 24.3 Å². The Morgan fingerprint density at radius 2 is 1.94 bits per heavy atom. The Bertz CT molecular complexity index is 859. The molecule has 32 heavy (non-hydrogen) atoms. The van der Waals surface area contributed by atoms with Gasteiger partial charge < -0.3 is 42.5 Å². The number of nitrogens with one attached hydrogen (secondary N) is 2. The average molecular weight is 593 g/mol. The van der Waals surface area contributed by atoms with Crippen LogP contribution < -0.4 is 10.1 Å². The minimum atomic E-state index is -0.349. The maximum Gasteiger partial charge on any atom is 3.00 e. The molecule has 1 aromatic carbocycles. The molecule has 2 aromatic rings. The number of hydrogen-bond donors (Lipinski definition) is 1. The van der Waals surface area contributed by atoms with Crippen LogP contribution in [0.3, 0.4) is 0 Å². The van der Waals surface area contributed by atoms with Gasteiger partial charge in [0.25, 0.3) is 0 Å². The Balaban J connectivity index is 0.000000896. The van der Waals surface area contributed by atoms with Crippen LogP contribution in [0.15, 0.2) is 47.7 Å². The molecule has 0 atom stereocenters. The summed E-state index contributed by atoms with van der Waals surface area (Å²) in [5.74, 6) is -0.143. The molecule has 1 aromatic heterocycles. The fraction of sp³-hybridized carbons (Fsp3) is 0.238. The third-order valence-electron chi connectivity index (χ3n) is 3.65. The quantitative estimate of drug-likeness (QED) is 0.284. The molecule has 174 valence electrons. The van der Waals surface area contributed by atoms with E-state index in [1.54, 1.807) is 18.2 Å². The Morgan fingerprint density at radius 3 is 2.44 bits per heavy atom. The zero-order valence-corrected chi connectivity index (χ0v) is 21.2. The molecule has 1 heterocycles. The van der Waals surface area contributed by atoms with Gasteiger partial charge in [0.15, 0.2) is 0 Å². The molecule has 0 bridgehead atoms. The second-order valence-electron chi connectivity index (χ2n) is 6.35. The molecule has 0 aliphatic rings. The number of anilines is 1. The van der Waals surface area contributed by atoms with E-state index < -0.39 is 0 Å². The second kappa shape index (κ2) is 15.4. The molecule has 0 saturated carbocycles. The van der Waals surface area contributed by atoms with Crippen molar-refractivity contribution in [1.29, 1.82) is 0 Å². The monoisotopic (exact) mass is 592 g/mol. The molecule has 2 amide bonds. The van der Waals surface area contributed by atoms with E-state index in [0.29, 0.717) is 30.2 Å². The van der Waals surface area contributed by atoms with E-state index in [-0.39, 0.29) is 43.8 Å². The number of carbonyl (C=O) groups excluding carboxylic acids is 2. The summed E-state index contributed by atoms with van der Waals surface area (Å²) >= 11 is 3.14. The first kappa shape index (κ1) is 29.6. The molecule has 0 aliphatic heterocycles. The van der Waals surface area contributed by atoms with E-state index >= 15 is 0 Å². The number of likely N-dealkylation sites (N-methyl/N-ethyl adjacent to an activating group) is 1. The van der Waals surface area contributed by atoms with Gasteiger partial charge in [0.1, 0.15) is 12.4 Å².